The molecule has 1 fully saturated rings. The minimum Gasteiger partial charge on any atom is -0.312 e. The molecule has 0 N–H and O–H groups in total. The van der Waals surface area contributed by atoms with Crippen LogP contribution in [0, 0.1) is 11.8 Å². The van der Waals surface area contributed by atoms with Gasteiger partial charge in [-0.2, -0.15) is 0 Å². The van der Waals surface area contributed by atoms with Crippen molar-refractivity contribution >= 4 is 28.4 Å². The van der Waals surface area contributed by atoms with Crippen molar-refractivity contribution in [1.82, 2.24) is 9.55 Å². The zero-order chi connectivity index (χ0) is 17.2. The van der Waals surface area contributed by atoms with E-state index in [9.17, 15) is 0 Å². The molecule has 0 bridgehead atoms. The monoisotopic (exact) mass is 369 g/mol. The second kappa shape index (κ2) is 7.26. The third-order valence-corrected chi connectivity index (χ3v) is 7.11. The number of hydrogen-bond acceptors (Lipinski definition) is 4. The SMILES string of the molecule is CC1CCCC(n2c(-c3cccs3)csc2=Nc2cccnc2)C1C. The average molecular weight is 370 g/mol. The molecule has 1 aliphatic rings. The van der Waals surface area contributed by atoms with Crippen LogP contribution in [0.5, 0.6) is 0 Å². The fourth-order valence-corrected chi connectivity index (χ4v) is 5.55. The van der Waals surface area contributed by atoms with Crippen LogP contribution in [0.2, 0.25) is 0 Å². The predicted octanol–water partition coefficient (Wildman–Crippen LogP) is 5.90. The Hall–Kier alpha value is -1.72. The van der Waals surface area contributed by atoms with Gasteiger partial charge in [-0.1, -0.05) is 32.8 Å². The first-order chi connectivity index (χ1) is 12.2. The van der Waals surface area contributed by atoms with E-state index >= 15 is 0 Å². The molecule has 130 valence electrons. The van der Waals surface area contributed by atoms with Crippen molar-refractivity contribution in [2.75, 3.05) is 0 Å². The molecule has 4 rings (SSSR count). The summed E-state index contributed by atoms with van der Waals surface area (Å²) in [5, 5.41) is 4.43. The fraction of sp³-hybridized carbons (Fsp3) is 0.400. The van der Waals surface area contributed by atoms with Gasteiger partial charge in [-0.25, -0.2) is 4.99 Å². The minimum absolute atomic E-state index is 0.516. The van der Waals surface area contributed by atoms with E-state index in [1.807, 2.05) is 29.7 Å². The van der Waals surface area contributed by atoms with Crippen molar-refractivity contribution in [1.29, 1.82) is 0 Å². The highest BCUT2D eigenvalue weighted by molar-refractivity contribution is 7.14. The van der Waals surface area contributed by atoms with Crippen molar-refractivity contribution in [3.05, 3.63) is 52.2 Å². The zero-order valence-electron chi connectivity index (χ0n) is 14.6. The second-order valence-corrected chi connectivity index (χ2v) is 8.69. The molecular formula is C20H23N3S2. The van der Waals surface area contributed by atoms with Crippen LogP contribution in [0.1, 0.15) is 39.2 Å². The zero-order valence-corrected chi connectivity index (χ0v) is 16.3. The molecule has 3 unspecified atom stereocenters. The molecule has 3 heterocycles. The molecule has 0 amide bonds. The molecule has 3 aromatic rings. The summed E-state index contributed by atoms with van der Waals surface area (Å²) in [6, 6.07) is 8.83. The van der Waals surface area contributed by atoms with Crippen LogP contribution in [0.15, 0.2) is 52.4 Å². The fourth-order valence-electron chi connectivity index (χ4n) is 3.78. The lowest BCUT2D eigenvalue weighted by Crippen LogP contribution is -2.32. The number of thiazole rings is 1. The molecule has 3 nitrogen and oxygen atoms in total. The lowest BCUT2D eigenvalue weighted by Gasteiger charge is -2.35. The quantitative estimate of drug-likeness (QED) is 0.565. The summed E-state index contributed by atoms with van der Waals surface area (Å²) < 4.78 is 2.50. The van der Waals surface area contributed by atoms with E-state index in [0.29, 0.717) is 12.0 Å². The maximum absolute atomic E-state index is 4.93. The van der Waals surface area contributed by atoms with Crippen LogP contribution in [-0.4, -0.2) is 9.55 Å². The van der Waals surface area contributed by atoms with Crippen molar-refractivity contribution in [2.45, 2.75) is 39.2 Å². The molecule has 1 saturated carbocycles. The highest BCUT2D eigenvalue weighted by Gasteiger charge is 2.30. The van der Waals surface area contributed by atoms with Crippen molar-refractivity contribution in [2.24, 2.45) is 16.8 Å². The van der Waals surface area contributed by atoms with E-state index in [2.05, 4.69) is 46.3 Å². The van der Waals surface area contributed by atoms with Gasteiger partial charge < -0.3 is 4.57 Å². The Kier molecular flexibility index (Phi) is 4.86. The topological polar surface area (TPSA) is 30.2 Å². The van der Waals surface area contributed by atoms with E-state index < -0.39 is 0 Å². The smallest absolute Gasteiger partial charge is 0.190 e. The van der Waals surface area contributed by atoms with E-state index in [-0.39, 0.29) is 0 Å². The Morgan fingerprint density at radius 2 is 2.08 bits per heavy atom. The Labute approximate surface area is 156 Å². The summed E-state index contributed by atoms with van der Waals surface area (Å²) in [5.41, 5.74) is 2.24. The van der Waals surface area contributed by atoms with Gasteiger partial charge in [0.05, 0.1) is 22.5 Å². The van der Waals surface area contributed by atoms with Gasteiger partial charge in [-0.05, 0) is 41.8 Å². The third-order valence-electron chi connectivity index (χ3n) is 5.38. The standard InChI is InChI=1S/C20H23N3S2/c1-14-6-3-8-17(15(14)2)23-18(19-9-5-11-24-19)13-25-20(23)22-16-7-4-10-21-12-16/h4-5,7,9-15,17H,3,6,8H2,1-2H3. The molecule has 0 saturated heterocycles. The molecule has 1 aliphatic carbocycles. The number of aromatic nitrogens is 2. The largest absolute Gasteiger partial charge is 0.312 e. The molecule has 3 atom stereocenters. The molecule has 0 aliphatic heterocycles. The van der Waals surface area contributed by atoms with Crippen LogP contribution in [0.25, 0.3) is 10.6 Å². The van der Waals surface area contributed by atoms with Crippen molar-refractivity contribution in [3.8, 4) is 10.6 Å². The molecular weight excluding hydrogens is 346 g/mol. The summed E-state index contributed by atoms with van der Waals surface area (Å²) in [5.74, 6) is 1.42. The lowest BCUT2D eigenvalue weighted by atomic mass is 9.78. The van der Waals surface area contributed by atoms with Crippen LogP contribution in [0.4, 0.5) is 5.69 Å². The maximum atomic E-state index is 4.93. The van der Waals surface area contributed by atoms with Crippen molar-refractivity contribution in [3.63, 3.8) is 0 Å². The lowest BCUT2D eigenvalue weighted by molar-refractivity contribution is 0.185. The third kappa shape index (κ3) is 3.35. The molecule has 0 aromatic carbocycles. The van der Waals surface area contributed by atoms with Gasteiger partial charge in [-0.3, -0.25) is 4.98 Å². The van der Waals surface area contributed by atoms with Gasteiger partial charge >= 0.3 is 0 Å². The van der Waals surface area contributed by atoms with Gasteiger partial charge in [-0.15, -0.1) is 22.7 Å². The average Bonchev–Trinajstić information content (AvgIpc) is 3.28. The second-order valence-electron chi connectivity index (χ2n) is 6.91. The Balaban J connectivity index is 1.87. The number of thiophene rings is 1. The van der Waals surface area contributed by atoms with Crippen LogP contribution in [0.3, 0.4) is 0 Å². The Morgan fingerprint density at radius 3 is 2.84 bits per heavy atom. The summed E-state index contributed by atoms with van der Waals surface area (Å²) in [7, 11) is 0. The minimum atomic E-state index is 0.516. The highest BCUT2D eigenvalue weighted by atomic mass is 32.1. The van der Waals surface area contributed by atoms with Crippen molar-refractivity contribution < 1.29 is 0 Å². The van der Waals surface area contributed by atoms with E-state index in [0.717, 1.165) is 16.4 Å². The molecule has 0 spiro atoms. The molecule has 5 heteroatoms. The number of rotatable bonds is 3. The van der Waals surface area contributed by atoms with Gasteiger partial charge in [0, 0.05) is 17.6 Å². The molecule has 3 aromatic heterocycles. The first kappa shape index (κ1) is 16.7. The number of pyridine rings is 1. The summed E-state index contributed by atoms with van der Waals surface area (Å²) in [6.45, 7) is 4.80. The summed E-state index contributed by atoms with van der Waals surface area (Å²) in [6.07, 6.45) is 7.51. The molecule has 0 radical (unpaired) electrons. The maximum Gasteiger partial charge on any atom is 0.190 e. The predicted molar refractivity (Wildman–Crippen MR) is 106 cm³/mol. The van der Waals surface area contributed by atoms with Gasteiger partial charge in [0.25, 0.3) is 0 Å². The van der Waals surface area contributed by atoms with Crippen LogP contribution in [-0.2, 0) is 0 Å². The van der Waals surface area contributed by atoms with Gasteiger partial charge in [0.1, 0.15) is 0 Å². The highest BCUT2D eigenvalue weighted by Crippen LogP contribution is 2.40. The first-order valence-corrected chi connectivity index (χ1v) is 10.7. The number of hydrogen-bond donors (Lipinski definition) is 0. The van der Waals surface area contributed by atoms with E-state index in [4.69, 9.17) is 4.99 Å². The molecule has 25 heavy (non-hydrogen) atoms. The Bertz CT molecular complexity index is 877. The van der Waals surface area contributed by atoms with E-state index in [1.54, 1.807) is 17.5 Å². The van der Waals surface area contributed by atoms with Crippen LogP contribution >= 0.6 is 22.7 Å². The number of nitrogens with zero attached hydrogens (tertiary/aromatic N) is 3. The van der Waals surface area contributed by atoms with E-state index in [1.165, 1.54) is 29.8 Å². The summed E-state index contributed by atoms with van der Waals surface area (Å²) in [4.78, 5) is 11.6. The normalized spacial score (nSPS) is 24.6. The van der Waals surface area contributed by atoms with Crippen LogP contribution < -0.4 is 4.80 Å². The van der Waals surface area contributed by atoms with Gasteiger partial charge in [0.15, 0.2) is 4.80 Å². The Morgan fingerprint density at radius 1 is 1.16 bits per heavy atom. The first-order valence-electron chi connectivity index (χ1n) is 8.92. The van der Waals surface area contributed by atoms with Gasteiger partial charge in [0.2, 0.25) is 0 Å². The summed E-state index contributed by atoms with van der Waals surface area (Å²) >= 11 is 3.55.